The highest BCUT2D eigenvalue weighted by molar-refractivity contribution is 6.74. The molecule has 3 rings (SSSR count). The Kier molecular flexibility index (Phi) is 3.18. The lowest BCUT2D eigenvalue weighted by Gasteiger charge is -2.39. The van der Waals surface area contributed by atoms with Crippen molar-refractivity contribution in [2.45, 2.75) is 69.3 Å². The number of carbonyl (C=O) groups is 1. The van der Waals surface area contributed by atoms with E-state index in [1.807, 2.05) is 0 Å². The van der Waals surface area contributed by atoms with Gasteiger partial charge in [-0.25, -0.2) is 4.79 Å². The van der Waals surface area contributed by atoms with Gasteiger partial charge in [0.25, 0.3) is 0 Å². The van der Waals surface area contributed by atoms with Crippen molar-refractivity contribution in [2.75, 3.05) is 6.61 Å². The Labute approximate surface area is 127 Å². The van der Waals surface area contributed by atoms with E-state index in [1.165, 1.54) is 0 Å². The molecule has 3 saturated heterocycles. The molecule has 3 fully saturated rings. The van der Waals surface area contributed by atoms with Crippen LogP contribution in [-0.2, 0) is 13.9 Å². The van der Waals surface area contributed by atoms with Crippen molar-refractivity contribution in [2.24, 2.45) is 0 Å². The average Bonchev–Trinajstić information content (AvgIpc) is 3.02. The zero-order valence-corrected chi connectivity index (χ0v) is 14.3. The summed E-state index contributed by atoms with van der Waals surface area (Å²) in [4.78, 5) is 13.4. The van der Waals surface area contributed by atoms with Crippen LogP contribution in [0, 0.1) is 12.3 Å². The lowest BCUT2D eigenvalue weighted by atomic mass is 10.0. The smallest absolute Gasteiger partial charge is 0.411 e. The van der Waals surface area contributed by atoms with E-state index in [4.69, 9.17) is 20.3 Å². The van der Waals surface area contributed by atoms with E-state index in [-0.39, 0.29) is 41.5 Å². The Balaban J connectivity index is 1.69. The quantitative estimate of drug-likeness (QED) is 0.454. The summed E-state index contributed by atoms with van der Waals surface area (Å²) in [7, 11) is -1.86. The van der Waals surface area contributed by atoms with Crippen molar-refractivity contribution < 1.29 is 18.7 Å². The fourth-order valence-corrected chi connectivity index (χ4v) is 3.87. The van der Waals surface area contributed by atoms with Gasteiger partial charge in [0.05, 0.1) is 18.7 Å². The van der Waals surface area contributed by atoms with E-state index in [0.717, 1.165) is 0 Å². The summed E-state index contributed by atoms with van der Waals surface area (Å²) in [6.07, 6.45) is 4.41. The second-order valence-corrected chi connectivity index (χ2v) is 12.4. The molecule has 0 unspecified atom stereocenters. The third-order valence-corrected chi connectivity index (χ3v) is 9.76. The fraction of sp³-hybridized carbons (Fsp3) is 0.800. The number of hydrogen-bond acceptors (Lipinski definition) is 4. The van der Waals surface area contributed by atoms with E-state index in [0.29, 0.717) is 6.61 Å². The van der Waals surface area contributed by atoms with E-state index in [2.05, 4.69) is 39.8 Å². The highest BCUT2D eigenvalue weighted by atomic mass is 28.4. The molecule has 6 heteroatoms. The van der Waals surface area contributed by atoms with Gasteiger partial charge < -0.3 is 13.9 Å². The minimum atomic E-state index is -1.86. The zero-order chi connectivity index (χ0) is 15.6. The predicted molar refractivity (Wildman–Crippen MR) is 80.3 cm³/mol. The molecule has 0 aliphatic carbocycles. The molecule has 0 radical (unpaired) electrons. The van der Waals surface area contributed by atoms with Gasteiger partial charge in [0, 0.05) is 0 Å². The van der Waals surface area contributed by atoms with Crippen LogP contribution in [0.5, 0.6) is 0 Å². The van der Waals surface area contributed by atoms with Gasteiger partial charge in [-0.05, 0) is 18.1 Å². The number of hydrogen-bond donors (Lipinski definition) is 0. The Hall–Kier alpha value is -1.03. The lowest BCUT2D eigenvalue weighted by Crippen LogP contribution is -2.51. The summed E-state index contributed by atoms with van der Waals surface area (Å²) in [6.45, 7) is 11.4. The van der Waals surface area contributed by atoms with Crippen LogP contribution in [0.4, 0.5) is 4.79 Å². The molecule has 1 amide bonds. The van der Waals surface area contributed by atoms with Gasteiger partial charge in [0.1, 0.15) is 12.2 Å². The second-order valence-electron chi connectivity index (χ2n) is 7.57. The number of ether oxygens (including phenoxy) is 2. The molecule has 3 aliphatic rings. The summed E-state index contributed by atoms with van der Waals surface area (Å²) in [5.41, 5.74) is 0. The number of terminal acetylenes is 1. The summed E-state index contributed by atoms with van der Waals surface area (Å²) in [5.74, 6) is 2.64. The summed E-state index contributed by atoms with van der Waals surface area (Å²) < 4.78 is 17.5. The van der Waals surface area contributed by atoms with Crippen molar-refractivity contribution >= 4 is 14.4 Å². The molecule has 3 aliphatic heterocycles. The van der Waals surface area contributed by atoms with Crippen LogP contribution < -0.4 is 0 Å². The van der Waals surface area contributed by atoms with Crippen LogP contribution in [0.25, 0.3) is 0 Å². The number of carbonyl (C=O) groups excluding carboxylic acids is 1. The third-order valence-electron chi connectivity index (χ3n) is 5.26. The van der Waals surface area contributed by atoms with E-state index in [1.54, 1.807) is 4.90 Å². The fourth-order valence-electron chi connectivity index (χ4n) is 2.86. The van der Waals surface area contributed by atoms with E-state index in [9.17, 15) is 4.79 Å². The molecule has 5 nitrogen and oxygen atoms in total. The highest BCUT2D eigenvalue weighted by Crippen LogP contribution is 2.48. The molecular formula is C15H23NO4Si. The van der Waals surface area contributed by atoms with Gasteiger partial charge in [0.15, 0.2) is 14.4 Å². The first-order valence-electron chi connectivity index (χ1n) is 7.42. The van der Waals surface area contributed by atoms with Crippen LogP contribution in [0.15, 0.2) is 0 Å². The molecule has 0 saturated carbocycles. The molecule has 0 aromatic heterocycles. The Bertz CT molecular complexity index is 507. The minimum absolute atomic E-state index is 0.00497. The Morgan fingerprint density at radius 2 is 2.05 bits per heavy atom. The van der Waals surface area contributed by atoms with Crippen LogP contribution in [0.2, 0.25) is 18.1 Å². The zero-order valence-electron chi connectivity index (χ0n) is 13.3. The first-order chi connectivity index (χ1) is 9.67. The van der Waals surface area contributed by atoms with E-state index >= 15 is 0 Å². The molecule has 3 heterocycles. The van der Waals surface area contributed by atoms with Gasteiger partial charge in [-0.1, -0.05) is 26.7 Å². The molecule has 0 bridgehead atoms. The molecule has 0 aromatic carbocycles. The van der Waals surface area contributed by atoms with Gasteiger partial charge in [-0.15, -0.1) is 6.42 Å². The average molecular weight is 309 g/mol. The predicted octanol–water partition coefficient (Wildman–Crippen LogP) is 1.98. The van der Waals surface area contributed by atoms with E-state index < -0.39 is 8.32 Å². The van der Waals surface area contributed by atoms with Crippen LogP contribution in [-0.4, -0.2) is 56.3 Å². The van der Waals surface area contributed by atoms with Crippen molar-refractivity contribution in [3.05, 3.63) is 0 Å². The molecule has 0 aromatic rings. The number of fused-ring (bicyclic) bond motifs is 1. The maximum absolute atomic E-state index is 11.7. The van der Waals surface area contributed by atoms with Crippen LogP contribution in [0.1, 0.15) is 20.8 Å². The Morgan fingerprint density at radius 1 is 1.38 bits per heavy atom. The highest BCUT2D eigenvalue weighted by Gasteiger charge is 2.70. The number of nitrogens with zero attached hydrogens (tertiary/aromatic N) is 1. The largest absolute Gasteiger partial charge is 0.441 e. The summed E-state index contributed by atoms with van der Waals surface area (Å²) >= 11 is 0. The molecular weight excluding hydrogens is 286 g/mol. The molecule has 0 N–H and O–H groups in total. The lowest BCUT2D eigenvalue weighted by molar-refractivity contribution is -0.101. The summed E-state index contributed by atoms with van der Waals surface area (Å²) in [5, 5.41) is 0.133. The standard InChI is InChI=1S/C15H23NO4Si/c1-7-9-11-12-13(20-14(17)16(11)12)10(19-9)8-18-21(5,6)15(2,3)4/h1,9-13H,8H2,2-6H3/t9-,10-,11+,12+,13-,16?/m0/s1. The van der Waals surface area contributed by atoms with Crippen LogP contribution in [0.3, 0.4) is 0 Å². The second kappa shape index (κ2) is 4.48. The van der Waals surface area contributed by atoms with Crippen molar-refractivity contribution in [1.29, 1.82) is 0 Å². The SMILES string of the molecule is C#C[C@@H]1O[C@@H](CO[Si](C)(C)C(C)(C)C)[C@@H]2OC(=O)N3[C@@H]2[C@@H]13. The van der Waals surface area contributed by atoms with Crippen molar-refractivity contribution in [1.82, 2.24) is 4.90 Å². The van der Waals surface area contributed by atoms with Gasteiger partial charge in [0.2, 0.25) is 0 Å². The first-order valence-corrected chi connectivity index (χ1v) is 10.3. The third kappa shape index (κ3) is 2.19. The molecule has 116 valence electrons. The van der Waals surface area contributed by atoms with Gasteiger partial charge in [-0.3, -0.25) is 4.90 Å². The minimum Gasteiger partial charge on any atom is -0.441 e. The normalized spacial score (nSPS) is 37.8. The molecule has 5 atom stereocenters. The maximum atomic E-state index is 11.7. The van der Waals surface area contributed by atoms with Gasteiger partial charge >= 0.3 is 6.09 Å². The van der Waals surface area contributed by atoms with Crippen LogP contribution >= 0.6 is 0 Å². The number of rotatable bonds is 3. The van der Waals surface area contributed by atoms with Gasteiger partial charge in [-0.2, -0.15) is 0 Å². The number of amides is 1. The molecule has 21 heavy (non-hydrogen) atoms. The monoisotopic (exact) mass is 309 g/mol. The summed E-state index contributed by atoms with van der Waals surface area (Å²) in [6, 6.07) is 0.0886. The Morgan fingerprint density at radius 3 is 2.62 bits per heavy atom. The van der Waals surface area contributed by atoms with Crippen molar-refractivity contribution in [3.63, 3.8) is 0 Å². The maximum Gasteiger partial charge on any atom is 0.411 e. The topological polar surface area (TPSA) is 47.8 Å². The van der Waals surface area contributed by atoms with Crippen molar-refractivity contribution in [3.8, 4) is 12.3 Å². The first kappa shape index (κ1) is 14.9. The molecule has 0 spiro atoms.